The van der Waals surface area contributed by atoms with Crippen molar-refractivity contribution in [3.8, 4) is 17.0 Å². The number of likely N-dealkylation sites (N-methyl/N-ethyl adjacent to an activating group) is 2. The van der Waals surface area contributed by atoms with Crippen molar-refractivity contribution in [1.82, 2.24) is 19.4 Å². The molecule has 2 aromatic carbocycles. The first-order valence-electron chi connectivity index (χ1n) is 12.6. The fourth-order valence-electron chi connectivity index (χ4n) is 4.55. The highest BCUT2D eigenvalue weighted by atomic mass is 19.1. The first kappa shape index (κ1) is 27.8. The van der Waals surface area contributed by atoms with Crippen molar-refractivity contribution in [2.24, 2.45) is 7.05 Å². The van der Waals surface area contributed by atoms with E-state index in [-0.39, 0.29) is 0 Å². The Bertz CT molecular complexity index is 1500. The van der Waals surface area contributed by atoms with E-state index in [4.69, 9.17) is 4.74 Å². The Morgan fingerprint density at radius 3 is 2.56 bits per heavy atom. The number of methoxy groups -OCH3 is 1. The topological polar surface area (TPSA) is 70.5 Å². The highest BCUT2D eigenvalue weighted by Crippen LogP contribution is 2.38. The van der Waals surface area contributed by atoms with Crippen LogP contribution in [0.2, 0.25) is 0 Å². The molecule has 0 atom stereocenters. The molecule has 2 aromatic heterocycles. The normalized spacial score (nSPS) is 11.2. The van der Waals surface area contributed by atoms with Crippen molar-refractivity contribution in [2.45, 2.75) is 6.92 Å². The van der Waals surface area contributed by atoms with Gasteiger partial charge in [-0.2, -0.15) is 0 Å². The van der Waals surface area contributed by atoms with Gasteiger partial charge < -0.3 is 29.7 Å². The molecule has 0 unspecified atom stereocenters. The second-order valence-corrected chi connectivity index (χ2v) is 9.70. The molecule has 0 aliphatic rings. The maximum absolute atomic E-state index is 14.9. The van der Waals surface area contributed by atoms with Gasteiger partial charge in [-0.1, -0.05) is 6.08 Å². The summed E-state index contributed by atoms with van der Waals surface area (Å²) in [6.07, 6.45) is 5.15. The van der Waals surface area contributed by atoms with Crippen LogP contribution in [0.5, 0.6) is 5.75 Å². The lowest BCUT2D eigenvalue weighted by atomic mass is 10.1. The van der Waals surface area contributed by atoms with Crippen LogP contribution in [0, 0.1) is 18.6 Å². The maximum atomic E-state index is 14.9. The average Bonchev–Trinajstić information content (AvgIpc) is 3.27. The summed E-state index contributed by atoms with van der Waals surface area (Å²) in [6, 6.07) is 6.53. The molecular weight excluding hydrogens is 500 g/mol. The van der Waals surface area contributed by atoms with Gasteiger partial charge in [-0.15, -0.1) is 6.58 Å². The zero-order valence-corrected chi connectivity index (χ0v) is 23.3. The number of anilines is 4. The summed E-state index contributed by atoms with van der Waals surface area (Å²) in [6.45, 7) is 7.75. The summed E-state index contributed by atoms with van der Waals surface area (Å²) in [4.78, 5) is 13.3. The van der Waals surface area contributed by atoms with Crippen LogP contribution in [0.15, 0.2) is 49.3 Å². The van der Waals surface area contributed by atoms with Gasteiger partial charge in [0.1, 0.15) is 17.4 Å². The molecule has 0 saturated heterocycles. The van der Waals surface area contributed by atoms with E-state index in [1.807, 2.05) is 33.3 Å². The molecule has 39 heavy (non-hydrogen) atoms. The van der Waals surface area contributed by atoms with Gasteiger partial charge in [0, 0.05) is 74.8 Å². The average molecular weight is 536 g/mol. The number of aromatic nitrogens is 3. The minimum absolute atomic E-state index is 0.311. The van der Waals surface area contributed by atoms with Crippen molar-refractivity contribution < 1.29 is 13.5 Å². The largest absolute Gasteiger partial charge is 0.494 e. The van der Waals surface area contributed by atoms with Crippen molar-refractivity contribution in [1.29, 1.82) is 0 Å². The van der Waals surface area contributed by atoms with Crippen molar-refractivity contribution in [3.05, 3.63) is 66.5 Å². The summed E-state index contributed by atoms with van der Waals surface area (Å²) in [7, 11) is 9.49. The monoisotopic (exact) mass is 535 g/mol. The molecular formula is C29H35F2N7O. The summed E-state index contributed by atoms with van der Waals surface area (Å²) in [5.74, 6) is -0.292. The van der Waals surface area contributed by atoms with Crippen molar-refractivity contribution in [2.75, 3.05) is 63.4 Å². The van der Waals surface area contributed by atoms with Crippen molar-refractivity contribution in [3.63, 3.8) is 0 Å². The first-order chi connectivity index (χ1) is 18.6. The molecule has 0 aliphatic carbocycles. The minimum atomic E-state index is -0.634. The third-order valence-corrected chi connectivity index (χ3v) is 6.61. The predicted molar refractivity (Wildman–Crippen MR) is 155 cm³/mol. The molecule has 4 rings (SSSR count). The Hall–Kier alpha value is -4.18. The highest BCUT2D eigenvalue weighted by Gasteiger charge is 2.20. The Balaban J connectivity index is 1.73. The van der Waals surface area contributed by atoms with Crippen LogP contribution in [-0.2, 0) is 7.05 Å². The van der Waals surface area contributed by atoms with Crippen LogP contribution in [0.25, 0.3) is 22.2 Å². The molecule has 0 spiro atoms. The number of aryl methyl sites for hydroxylation is 2. The molecule has 0 bridgehead atoms. The number of halogens is 2. The van der Waals surface area contributed by atoms with Gasteiger partial charge >= 0.3 is 0 Å². The van der Waals surface area contributed by atoms with E-state index in [0.717, 1.165) is 30.5 Å². The highest BCUT2D eigenvalue weighted by molar-refractivity contribution is 5.97. The maximum Gasteiger partial charge on any atom is 0.227 e. The van der Waals surface area contributed by atoms with Gasteiger partial charge in [0.05, 0.1) is 35.4 Å². The minimum Gasteiger partial charge on any atom is -0.494 e. The van der Waals surface area contributed by atoms with Crippen LogP contribution in [-0.4, -0.2) is 67.3 Å². The Labute approximate surface area is 227 Å². The SMILES string of the molecule is C=CCNc1cc(Nc2nccc(-c3cn(C)c4c(C)c(F)cc(F)c34)n2)c(OC)cc1N(C)CCN(C)C. The predicted octanol–water partition coefficient (Wildman–Crippen LogP) is 5.57. The van der Waals surface area contributed by atoms with Gasteiger partial charge in [-0.3, -0.25) is 0 Å². The zero-order valence-electron chi connectivity index (χ0n) is 23.3. The second kappa shape index (κ2) is 11.7. The lowest BCUT2D eigenvalue weighted by molar-refractivity contribution is 0.413. The second-order valence-electron chi connectivity index (χ2n) is 9.70. The van der Waals surface area contributed by atoms with Crippen molar-refractivity contribution >= 4 is 33.9 Å². The van der Waals surface area contributed by atoms with Crippen LogP contribution in [0.1, 0.15) is 5.56 Å². The lowest BCUT2D eigenvalue weighted by Crippen LogP contribution is -2.29. The Morgan fingerprint density at radius 2 is 1.87 bits per heavy atom. The molecule has 0 saturated carbocycles. The molecule has 10 heteroatoms. The van der Waals surface area contributed by atoms with Crippen LogP contribution in [0.4, 0.5) is 31.8 Å². The number of hydrogen-bond donors (Lipinski definition) is 2. The summed E-state index contributed by atoms with van der Waals surface area (Å²) < 4.78 is 36.6. The van der Waals surface area contributed by atoms with E-state index in [1.54, 1.807) is 50.2 Å². The molecule has 0 amide bonds. The molecule has 0 radical (unpaired) electrons. The fraction of sp³-hybridized carbons (Fsp3) is 0.310. The van der Waals surface area contributed by atoms with Gasteiger partial charge in [0.15, 0.2) is 0 Å². The summed E-state index contributed by atoms with van der Waals surface area (Å²) >= 11 is 0. The number of fused-ring (bicyclic) bond motifs is 1. The fourth-order valence-corrected chi connectivity index (χ4v) is 4.55. The van der Waals surface area contributed by atoms with Gasteiger partial charge in [0.25, 0.3) is 0 Å². The zero-order chi connectivity index (χ0) is 28.3. The van der Waals surface area contributed by atoms with E-state index in [2.05, 4.69) is 37.0 Å². The number of benzene rings is 2. The van der Waals surface area contributed by atoms with Crippen LogP contribution in [0.3, 0.4) is 0 Å². The van der Waals surface area contributed by atoms with Crippen LogP contribution >= 0.6 is 0 Å². The molecule has 0 fully saturated rings. The third kappa shape index (κ3) is 5.80. The quantitative estimate of drug-likeness (QED) is 0.243. The van der Waals surface area contributed by atoms with Gasteiger partial charge in [-0.05, 0) is 33.2 Å². The standard InChI is InChI=1S/C29H35F2N7O/c1-8-10-32-23-15-24(26(39-7)16-25(23)37(5)13-12-36(3)4)35-29-33-11-9-22(34-29)19-17-38(6)28-18(2)20(30)14-21(31)27(19)28/h8-9,11,14-17,32H,1,10,12-13H2,2-7H3,(H,33,34,35). The Morgan fingerprint density at radius 1 is 1.10 bits per heavy atom. The number of nitrogens with zero attached hydrogens (tertiary/aromatic N) is 5. The first-order valence-corrected chi connectivity index (χ1v) is 12.6. The smallest absolute Gasteiger partial charge is 0.227 e. The molecule has 0 aliphatic heterocycles. The van der Waals surface area contributed by atoms with Gasteiger partial charge in [-0.25, -0.2) is 18.7 Å². The summed E-state index contributed by atoms with van der Waals surface area (Å²) in [5.41, 5.74) is 4.46. The third-order valence-electron chi connectivity index (χ3n) is 6.61. The van der Waals surface area contributed by atoms with E-state index < -0.39 is 11.6 Å². The van der Waals surface area contributed by atoms with Gasteiger partial charge in [0.2, 0.25) is 5.95 Å². The van der Waals surface area contributed by atoms with Crippen LogP contribution < -0.4 is 20.3 Å². The number of ether oxygens (including phenoxy) is 1. The summed E-state index contributed by atoms with van der Waals surface area (Å²) in [5, 5.41) is 6.98. The lowest BCUT2D eigenvalue weighted by Gasteiger charge is -2.26. The molecule has 2 heterocycles. The Kier molecular flexibility index (Phi) is 8.35. The van der Waals surface area contributed by atoms with E-state index in [1.165, 1.54) is 0 Å². The molecule has 4 aromatic rings. The molecule has 2 N–H and O–H groups in total. The number of hydrogen-bond acceptors (Lipinski definition) is 7. The van der Waals surface area contributed by atoms with E-state index in [9.17, 15) is 8.78 Å². The van der Waals surface area contributed by atoms with E-state index in [0.29, 0.717) is 51.7 Å². The molecule has 206 valence electrons. The number of nitrogens with one attached hydrogen (secondary N) is 2. The molecule has 8 nitrogen and oxygen atoms in total. The number of rotatable bonds is 11. The van der Waals surface area contributed by atoms with E-state index >= 15 is 0 Å².